The Morgan fingerprint density at radius 1 is 1.27 bits per heavy atom. The van der Waals surface area contributed by atoms with Crippen molar-refractivity contribution in [2.75, 3.05) is 7.05 Å². The molecule has 0 saturated heterocycles. The average molecular weight is 209 g/mol. The standard InChI is InChI=1S/C14H27N/c1-4-12(2)11-14(15-3)13-9-7-5-6-8-10-13/h13-15H,2,4-11H2,1,3H3. The number of rotatable bonds is 5. The maximum atomic E-state index is 4.14. The van der Waals surface area contributed by atoms with Gasteiger partial charge in [-0.25, -0.2) is 0 Å². The zero-order chi connectivity index (χ0) is 11.1. The van der Waals surface area contributed by atoms with Gasteiger partial charge in [-0.1, -0.05) is 44.8 Å². The molecule has 0 heterocycles. The topological polar surface area (TPSA) is 12.0 Å². The van der Waals surface area contributed by atoms with Crippen molar-refractivity contribution in [2.45, 2.75) is 64.3 Å². The van der Waals surface area contributed by atoms with Gasteiger partial charge in [0.05, 0.1) is 0 Å². The van der Waals surface area contributed by atoms with Gasteiger partial charge < -0.3 is 5.32 Å². The Hall–Kier alpha value is -0.300. The van der Waals surface area contributed by atoms with Crippen molar-refractivity contribution in [2.24, 2.45) is 5.92 Å². The van der Waals surface area contributed by atoms with Gasteiger partial charge in [0, 0.05) is 6.04 Å². The van der Waals surface area contributed by atoms with Crippen LogP contribution >= 0.6 is 0 Å². The van der Waals surface area contributed by atoms with Crippen LogP contribution in [0.2, 0.25) is 0 Å². The summed E-state index contributed by atoms with van der Waals surface area (Å²) >= 11 is 0. The molecule has 0 aromatic heterocycles. The van der Waals surface area contributed by atoms with E-state index < -0.39 is 0 Å². The van der Waals surface area contributed by atoms with Crippen LogP contribution < -0.4 is 5.32 Å². The first-order valence-electron chi connectivity index (χ1n) is 6.61. The Labute approximate surface area is 95.3 Å². The largest absolute Gasteiger partial charge is 0.316 e. The van der Waals surface area contributed by atoms with E-state index in [2.05, 4.69) is 25.9 Å². The molecule has 1 N–H and O–H groups in total. The molecule has 1 heteroatoms. The monoisotopic (exact) mass is 209 g/mol. The molecule has 1 fully saturated rings. The normalized spacial score (nSPS) is 20.9. The van der Waals surface area contributed by atoms with Crippen LogP contribution in [0.15, 0.2) is 12.2 Å². The first-order chi connectivity index (χ1) is 7.27. The van der Waals surface area contributed by atoms with Crippen molar-refractivity contribution < 1.29 is 0 Å². The van der Waals surface area contributed by atoms with E-state index in [4.69, 9.17) is 0 Å². The van der Waals surface area contributed by atoms with E-state index >= 15 is 0 Å². The summed E-state index contributed by atoms with van der Waals surface area (Å²) in [5.74, 6) is 0.890. The Balaban J connectivity index is 2.44. The van der Waals surface area contributed by atoms with Crippen molar-refractivity contribution in [3.63, 3.8) is 0 Å². The molecular weight excluding hydrogens is 182 g/mol. The van der Waals surface area contributed by atoms with Crippen LogP contribution in [0, 0.1) is 5.92 Å². The number of hydrogen-bond acceptors (Lipinski definition) is 1. The second-order valence-corrected chi connectivity index (χ2v) is 4.95. The molecule has 0 aromatic rings. The maximum Gasteiger partial charge on any atom is 0.0129 e. The minimum atomic E-state index is 0.676. The summed E-state index contributed by atoms with van der Waals surface area (Å²) in [6, 6.07) is 0.676. The van der Waals surface area contributed by atoms with Gasteiger partial charge in [-0.05, 0) is 38.6 Å². The highest BCUT2D eigenvalue weighted by Gasteiger charge is 2.21. The molecule has 1 rings (SSSR count). The predicted molar refractivity (Wildman–Crippen MR) is 68.1 cm³/mol. The molecule has 15 heavy (non-hydrogen) atoms. The fourth-order valence-corrected chi connectivity index (χ4v) is 2.67. The number of hydrogen-bond donors (Lipinski definition) is 1. The van der Waals surface area contributed by atoms with E-state index in [0.29, 0.717) is 6.04 Å². The fraction of sp³-hybridized carbons (Fsp3) is 0.857. The third-order valence-electron chi connectivity index (χ3n) is 3.85. The first kappa shape index (κ1) is 12.8. The lowest BCUT2D eigenvalue weighted by Gasteiger charge is -2.26. The molecule has 0 radical (unpaired) electrons. The van der Waals surface area contributed by atoms with E-state index in [0.717, 1.165) is 12.3 Å². The molecule has 0 amide bonds. The molecule has 0 spiro atoms. The van der Waals surface area contributed by atoms with Gasteiger partial charge >= 0.3 is 0 Å². The minimum Gasteiger partial charge on any atom is -0.316 e. The van der Waals surface area contributed by atoms with Crippen molar-refractivity contribution >= 4 is 0 Å². The molecule has 1 saturated carbocycles. The Bertz CT molecular complexity index is 178. The Kier molecular flexibility index (Phi) is 6.00. The average Bonchev–Trinajstić information content (AvgIpc) is 2.54. The zero-order valence-electron chi connectivity index (χ0n) is 10.5. The third kappa shape index (κ3) is 4.38. The summed E-state index contributed by atoms with van der Waals surface area (Å²) in [5, 5.41) is 3.50. The summed E-state index contributed by atoms with van der Waals surface area (Å²) in [6.45, 7) is 6.35. The van der Waals surface area contributed by atoms with Gasteiger partial charge in [0.25, 0.3) is 0 Å². The Morgan fingerprint density at radius 3 is 2.33 bits per heavy atom. The van der Waals surface area contributed by atoms with Gasteiger partial charge in [0.2, 0.25) is 0 Å². The first-order valence-corrected chi connectivity index (χ1v) is 6.61. The number of nitrogens with one attached hydrogen (secondary N) is 1. The zero-order valence-corrected chi connectivity index (χ0v) is 10.5. The smallest absolute Gasteiger partial charge is 0.0129 e. The summed E-state index contributed by atoms with van der Waals surface area (Å²) < 4.78 is 0. The van der Waals surface area contributed by atoms with Gasteiger partial charge in [-0.2, -0.15) is 0 Å². The third-order valence-corrected chi connectivity index (χ3v) is 3.85. The highest BCUT2D eigenvalue weighted by Crippen LogP contribution is 2.28. The summed E-state index contributed by atoms with van der Waals surface area (Å²) in [4.78, 5) is 0. The minimum absolute atomic E-state index is 0.676. The van der Waals surface area contributed by atoms with Crippen molar-refractivity contribution in [1.29, 1.82) is 0 Å². The van der Waals surface area contributed by atoms with Crippen LogP contribution in [0.3, 0.4) is 0 Å². The predicted octanol–water partition coefficient (Wildman–Crippen LogP) is 3.90. The molecule has 0 aromatic carbocycles. The van der Waals surface area contributed by atoms with Crippen LogP contribution in [0.5, 0.6) is 0 Å². The van der Waals surface area contributed by atoms with Gasteiger partial charge in [-0.15, -0.1) is 0 Å². The van der Waals surface area contributed by atoms with E-state index in [1.54, 1.807) is 0 Å². The van der Waals surface area contributed by atoms with E-state index in [9.17, 15) is 0 Å². The van der Waals surface area contributed by atoms with Gasteiger partial charge in [0.15, 0.2) is 0 Å². The van der Waals surface area contributed by atoms with Crippen LogP contribution in [0.1, 0.15) is 58.3 Å². The van der Waals surface area contributed by atoms with E-state index in [1.165, 1.54) is 50.5 Å². The van der Waals surface area contributed by atoms with E-state index in [1.807, 2.05) is 0 Å². The molecule has 1 aliphatic carbocycles. The summed E-state index contributed by atoms with van der Waals surface area (Å²) in [7, 11) is 2.11. The van der Waals surface area contributed by atoms with Gasteiger partial charge in [-0.3, -0.25) is 0 Å². The maximum absolute atomic E-state index is 4.14. The van der Waals surface area contributed by atoms with Crippen LogP contribution in [0.25, 0.3) is 0 Å². The second kappa shape index (κ2) is 7.05. The fourth-order valence-electron chi connectivity index (χ4n) is 2.67. The Morgan fingerprint density at radius 2 is 1.87 bits per heavy atom. The molecule has 0 aliphatic heterocycles. The summed E-state index contributed by atoms with van der Waals surface area (Å²) in [5.41, 5.74) is 1.40. The molecular formula is C14H27N. The highest BCUT2D eigenvalue weighted by molar-refractivity contribution is 4.98. The highest BCUT2D eigenvalue weighted by atomic mass is 14.9. The lowest BCUT2D eigenvalue weighted by atomic mass is 9.87. The lowest BCUT2D eigenvalue weighted by molar-refractivity contribution is 0.331. The van der Waals surface area contributed by atoms with E-state index in [-0.39, 0.29) is 0 Å². The van der Waals surface area contributed by atoms with Gasteiger partial charge in [0.1, 0.15) is 0 Å². The van der Waals surface area contributed by atoms with Crippen LogP contribution in [0.4, 0.5) is 0 Å². The second-order valence-electron chi connectivity index (χ2n) is 4.95. The lowest BCUT2D eigenvalue weighted by Crippen LogP contribution is -2.33. The molecule has 0 bridgehead atoms. The van der Waals surface area contributed by atoms with Crippen molar-refractivity contribution in [3.8, 4) is 0 Å². The molecule has 88 valence electrons. The SMILES string of the molecule is C=C(CC)CC(NC)C1CCCCCC1. The molecule has 1 aliphatic rings. The van der Waals surface area contributed by atoms with Crippen LogP contribution in [-0.2, 0) is 0 Å². The summed E-state index contributed by atoms with van der Waals surface area (Å²) in [6.07, 6.45) is 10.9. The van der Waals surface area contributed by atoms with Crippen molar-refractivity contribution in [3.05, 3.63) is 12.2 Å². The molecule has 1 unspecified atom stereocenters. The van der Waals surface area contributed by atoms with Crippen LogP contribution in [-0.4, -0.2) is 13.1 Å². The molecule has 1 nitrogen and oxygen atoms in total. The quantitative estimate of drug-likeness (QED) is 0.535. The van der Waals surface area contributed by atoms with Crippen molar-refractivity contribution in [1.82, 2.24) is 5.32 Å². The molecule has 1 atom stereocenters.